The van der Waals surface area contributed by atoms with Gasteiger partial charge in [-0.1, -0.05) is 13.8 Å². The van der Waals surface area contributed by atoms with E-state index in [9.17, 15) is 0 Å². The third-order valence-electron chi connectivity index (χ3n) is 2.84. The van der Waals surface area contributed by atoms with Gasteiger partial charge < -0.3 is 0 Å². The van der Waals surface area contributed by atoms with Crippen molar-refractivity contribution in [3.05, 3.63) is 35.0 Å². The molecule has 0 saturated carbocycles. The Labute approximate surface area is 125 Å². The van der Waals surface area contributed by atoms with Gasteiger partial charge in [-0.05, 0) is 30.3 Å². The van der Waals surface area contributed by atoms with Gasteiger partial charge in [0.15, 0.2) is 5.82 Å². The number of rotatable bonds is 3. The maximum absolute atomic E-state index is 5.02. The second kappa shape index (κ2) is 5.26. The number of hydrogen-bond donors (Lipinski definition) is 2. The van der Waals surface area contributed by atoms with Crippen LogP contribution in [0.25, 0.3) is 21.3 Å². The van der Waals surface area contributed by atoms with Gasteiger partial charge >= 0.3 is 0 Å². The van der Waals surface area contributed by atoms with Crippen molar-refractivity contribution in [2.24, 2.45) is 0 Å². The topological polar surface area (TPSA) is 70.2 Å². The number of thiazole rings is 1. The van der Waals surface area contributed by atoms with E-state index < -0.39 is 0 Å². The first kappa shape index (κ1) is 13.1. The smallest absolute Gasteiger partial charge is 0.213 e. The van der Waals surface area contributed by atoms with Crippen LogP contribution < -0.4 is 0 Å². The van der Waals surface area contributed by atoms with Crippen molar-refractivity contribution in [1.29, 1.82) is 0 Å². The molecule has 102 valence electrons. The average Bonchev–Trinajstić information content (AvgIpc) is 3.05. The molecule has 0 unspecified atom stereocenters. The fraction of sp³-hybridized carbons (Fsp3) is 0.231. The number of aromatic nitrogens is 5. The Balaban J connectivity index is 2.14. The van der Waals surface area contributed by atoms with E-state index >= 15 is 0 Å². The van der Waals surface area contributed by atoms with Crippen molar-refractivity contribution in [3.63, 3.8) is 0 Å². The molecule has 0 bridgehead atoms. The van der Waals surface area contributed by atoms with Crippen LogP contribution in [-0.2, 0) is 0 Å². The normalized spacial score (nSPS) is 11.2. The van der Waals surface area contributed by atoms with Gasteiger partial charge in [0.2, 0.25) is 4.77 Å². The van der Waals surface area contributed by atoms with Gasteiger partial charge in [-0.25, -0.2) is 4.98 Å². The van der Waals surface area contributed by atoms with E-state index in [0.29, 0.717) is 10.7 Å². The molecule has 0 saturated heterocycles. The first-order valence-corrected chi connectivity index (χ1v) is 7.44. The number of H-pyrrole nitrogens is 2. The van der Waals surface area contributed by atoms with E-state index in [4.69, 9.17) is 17.2 Å². The second-order valence-electron chi connectivity index (χ2n) is 4.64. The molecule has 3 rings (SSSR count). The molecule has 2 N–H and O–H groups in total. The number of hydrogen-bond acceptors (Lipinski definition) is 5. The molecular weight excluding hydrogens is 290 g/mol. The number of pyridine rings is 1. The van der Waals surface area contributed by atoms with Crippen molar-refractivity contribution in [3.8, 4) is 21.3 Å². The van der Waals surface area contributed by atoms with Crippen LogP contribution in [0.5, 0.6) is 0 Å². The summed E-state index contributed by atoms with van der Waals surface area (Å²) in [6.07, 6.45) is 3.54. The molecule has 3 heterocycles. The molecule has 0 aliphatic rings. The molecule has 0 radical (unpaired) electrons. The van der Waals surface area contributed by atoms with Crippen LogP contribution in [0.3, 0.4) is 0 Å². The zero-order valence-electron chi connectivity index (χ0n) is 11.0. The van der Waals surface area contributed by atoms with Crippen molar-refractivity contribution in [2.75, 3.05) is 0 Å². The van der Waals surface area contributed by atoms with Crippen molar-refractivity contribution in [2.45, 2.75) is 19.8 Å². The predicted octanol–water partition coefficient (Wildman–Crippen LogP) is 3.78. The van der Waals surface area contributed by atoms with Crippen molar-refractivity contribution in [1.82, 2.24) is 25.1 Å². The van der Waals surface area contributed by atoms with Gasteiger partial charge in [0, 0.05) is 18.0 Å². The quantitative estimate of drug-likeness (QED) is 0.722. The fourth-order valence-corrected chi connectivity index (χ4v) is 3.20. The Kier molecular flexibility index (Phi) is 3.45. The molecule has 3 aromatic rings. The largest absolute Gasteiger partial charge is 0.281 e. The van der Waals surface area contributed by atoms with Gasteiger partial charge in [0.25, 0.3) is 0 Å². The second-order valence-corrected chi connectivity index (χ2v) is 6.03. The van der Waals surface area contributed by atoms with Crippen molar-refractivity contribution >= 4 is 23.6 Å². The lowest BCUT2D eigenvalue weighted by Gasteiger charge is -2.01. The molecule has 0 amide bonds. The maximum atomic E-state index is 5.02. The van der Waals surface area contributed by atoms with Gasteiger partial charge in [-0.3, -0.25) is 15.2 Å². The Hall–Kier alpha value is -1.86. The summed E-state index contributed by atoms with van der Waals surface area (Å²) in [6.45, 7) is 4.24. The first-order chi connectivity index (χ1) is 9.65. The standard InChI is InChI=1S/C13H13N5S2/c1-7(2)9-10(11-16-13(19)18-17-11)20-12(15-9)8-3-5-14-6-4-8/h3-7H,1-2H3,(H2,16,17,18,19). The molecule has 20 heavy (non-hydrogen) atoms. The highest BCUT2D eigenvalue weighted by Crippen LogP contribution is 2.36. The lowest BCUT2D eigenvalue weighted by Crippen LogP contribution is -1.91. The monoisotopic (exact) mass is 303 g/mol. The van der Waals surface area contributed by atoms with Crippen LogP contribution in [-0.4, -0.2) is 25.1 Å². The Bertz CT molecular complexity index is 769. The number of nitrogens with one attached hydrogen (secondary N) is 2. The predicted molar refractivity (Wildman–Crippen MR) is 82.2 cm³/mol. The molecule has 0 aromatic carbocycles. The number of aromatic amines is 2. The summed E-state index contributed by atoms with van der Waals surface area (Å²) in [7, 11) is 0. The first-order valence-electron chi connectivity index (χ1n) is 6.21. The number of nitrogens with zero attached hydrogens (tertiary/aromatic N) is 3. The summed E-state index contributed by atoms with van der Waals surface area (Å²) in [4.78, 5) is 14.1. The lowest BCUT2D eigenvalue weighted by atomic mass is 10.1. The zero-order valence-corrected chi connectivity index (χ0v) is 12.7. The van der Waals surface area contributed by atoms with Crippen LogP contribution in [0.1, 0.15) is 25.5 Å². The van der Waals surface area contributed by atoms with Crippen LogP contribution >= 0.6 is 23.6 Å². The Morgan fingerprint density at radius 3 is 2.50 bits per heavy atom. The molecule has 0 aliphatic carbocycles. The fourth-order valence-electron chi connectivity index (χ4n) is 1.89. The summed E-state index contributed by atoms with van der Waals surface area (Å²) < 4.78 is 0.452. The van der Waals surface area contributed by atoms with E-state index in [1.165, 1.54) is 0 Å². The van der Waals surface area contributed by atoms with Crippen LogP contribution in [0, 0.1) is 4.77 Å². The Morgan fingerprint density at radius 2 is 1.90 bits per heavy atom. The third-order valence-corrected chi connectivity index (χ3v) is 4.16. The SMILES string of the molecule is CC(C)c1nc(-c2ccncc2)sc1-c1nc(=S)[nH][nH]1. The molecule has 3 aromatic heterocycles. The minimum absolute atomic E-state index is 0.315. The van der Waals surface area contributed by atoms with Crippen LogP contribution in [0.15, 0.2) is 24.5 Å². The van der Waals surface area contributed by atoms with Gasteiger partial charge in [-0.15, -0.1) is 11.3 Å². The third kappa shape index (κ3) is 2.41. The summed E-state index contributed by atoms with van der Waals surface area (Å²) in [5, 5.41) is 6.80. The molecule has 7 heteroatoms. The van der Waals surface area contributed by atoms with Crippen LogP contribution in [0.4, 0.5) is 0 Å². The molecule has 5 nitrogen and oxygen atoms in total. The van der Waals surface area contributed by atoms with E-state index in [0.717, 1.165) is 27.0 Å². The summed E-state index contributed by atoms with van der Waals surface area (Å²) >= 11 is 6.63. The highest BCUT2D eigenvalue weighted by Gasteiger charge is 2.18. The van der Waals surface area contributed by atoms with Gasteiger partial charge in [0.1, 0.15) is 5.01 Å². The minimum Gasteiger partial charge on any atom is -0.281 e. The Morgan fingerprint density at radius 1 is 1.15 bits per heavy atom. The highest BCUT2D eigenvalue weighted by atomic mass is 32.1. The van der Waals surface area contributed by atoms with E-state index in [-0.39, 0.29) is 0 Å². The molecule has 0 fully saturated rings. The van der Waals surface area contributed by atoms with Gasteiger partial charge in [-0.2, -0.15) is 4.98 Å². The van der Waals surface area contributed by atoms with Crippen molar-refractivity contribution < 1.29 is 0 Å². The van der Waals surface area contributed by atoms with Gasteiger partial charge in [0.05, 0.1) is 10.6 Å². The molecule has 0 aliphatic heterocycles. The summed E-state index contributed by atoms with van der Waals surface area (Å²) in [5.74, 6) is 1.06. The van der Waals surface area contributed by atoms with E-state index in [1.807, 2.05) is 12.1 Å². The summed E-state index contributed by atoms with van der Waals surface area (Å²) in [5.41, 5.74) is 2.09. The lowest BCUT2D eigenvalue weighted by molar-refractivity contribution is 0.834. The van der Waals surface area contributed by atoms with E-state index in [2.05, 4.69) is 34.0 Å². The van der Waals surface area contributed by atoms with Crippen LogP contribution in [0.2, 0.25) is 0 Å². The zero-order chi connectivity index (χ0) is 14.1. The minimum atomic E-state index is 0.315. The molecule has 0 spiro atoms. The summed E-state index contributed by atoms with van der Waals surface area (Å²) in [6, 6.07) is 3.92. The average molecular weight is 303 g/mol. The molecular formula is C13H13N5S2. The van der Waals surface area contributed by atoms with E-state index in [1.54, 1.807) is 23.7 Å². The highest BCUT2D eigenvalue weighted by molar-refractivity contribution is 7.71. The molecule has 0 atom stereocenters. The maximum Gasteiger partial charge on any atom is 0.213 e.